The highest BCUT2D eigenvalue weighted by Gasteiger charge is 2.32. The third kappa shape index (κ3) is 3.25. The predicted octanol–water partition coefficient (Wildman–Crippen LogP) is 1.65. The fraction of sp³-hybridized carbons (Fsp3) is 0.667. The van der Waals surface area contributed by atoms with Gasteiger partial charge in [-0.15, -0.1) is 0 Å². The molecule has 1 unspecified atom stereocenters. The van der Waals surface area contributed by atoms with Gasteiger partial charge in [0.05, 0.1) is 18.7 Å². The van der Waals surface area contributed by atoms with Crippen molar-refractivity contribution >= 4 is 11.9 Å². The van der Waals surface area contributed by atoms with E-state index in [2.05, 4.69) is 4.98 Å². The minimum atomic E-state index is -0.487. The number of imidazole rings is 1. The minimum Gasteiger partial charge on any atom is -0.463 e. The highest BCUT2D eigenvalue weighted by Crippen LogP contribution is 2.28. The fourth-order valence-electron chi connectivity index (χ4n) is 2.57. The predicted molar refractivity (Wildman–Crippen MR) is 75.9 cm³/mol. The van der Waals surface area contributed by atoms with Crippen molar-refractivity contribution in [2.45, 2.75) is 45.6 Å². The van der Waals surface area contributed by atoms with E-state index in [9.17, 15) is 9.59 Å². The number of aromatic nitrogens is 2. The average Bonchev–Trinajstić information content (AvgIpc) is 2.73. The molecule has 0 aliphatic heterocycles. The molecule has 1 heterocycles. The topological polar surface area (TPSA) is 70.4 Å². The molecule has 0 saturated heterocycles. The Balaban J connectivity index is 2.18. The monoisotopic (exact) mass is 294 g/mol. The SMILES string of the molecule is COC(=O)c1nc2c(n1C)CCC(C(=O)OC(C)(C)C)C2. The van der Waals surface area contributed by atoms with Crippen LogP contribution in [0.25, 0.3) is 0 Å². The van der Waals surface area contributed by atoms with E-state index in [-0.39, 0.29) is 17.7 Å². The van der Waals surface area contributed by atoms with Gasteiger partial charge in [-0.25, -0.2) is 9.78 Å². The molecule has 1 aromatic rings. The molecule has 0 radical (unpaired) electrons. The zero-order valence-electron chi connectivity index (χ0n) is 13.2. The molecule has 2 rings (SSSR count). The Bertz CT molecular complexity index is 569. The van der Waals surface area contributed by atoms with Gasteiger partial charge in [-0.2, -0.15) is 0 Å². The van der Waals surface area contributed by atoms with Crippen LogP contribution in [-0.4, -0.2) is 34.2 Å². The summed E-state index contributed by atoms with van der Waals surface area (Å²) in [6.45, 7) is 5.57. The molecule has 1 aromatic heterocycles. The smallest absolute Gasteiger partial charge is 0.374 e. The van der Waals surface area contributed by atoms with Crippen LogP contribution in [0.5, 0.6) is 0 Å². The quantitative estimate of drug-likeness (QED) is 0.776. The second-order valence-electron chi connectivity index (χ2n) is 6.35. The summed E-state index contributed by atoms with van der Waals surface area (Å²) < 4.78 is 11.9. The van der Waals surface area contributed by atoms with Crippen LogP contribution in [0.1, 0.15) is 49.2 Å². The maximum absolute atomic E-state index is 12.2. The number of hydrogen-bond acceptors (Lipinski definition) is 5. The molecular weight excluding hydrogens is 272 g/mol. The van der Waals surface area contributed by atoms with Crippen molar-refractivity contribution in [3.63, 3.8) is 0 Å². The van der Waals surface area contributed by atoms with Crippen LogP contribution in [0.15, 0.2) is 0 Å². The van der Waals surface area contributed by atoms with Crippen LogP contribution in [0, 0.1) is 5.92 Å². The molecule has 0 aromatic carbocycles. The van der Waals surface area contributed by atoms with Gasteiger partial charge in [-0.05, 0) is 33.6 Å². The Morgan fingerprint density at radius 2 is 2.00 bits per heavy atom. The summed E-state index contributed by atoms with van der Waals surface area (Å²) in [6.07, 6.45) is 1.93. The lowest BCUT2D eigenvalue weighted by Gasteiger charge is -2.26. The fourth-order valence-corrected chi connectivity index (χ4v) is 2.57. The lowest BCUT2D eigenvalue weighted by Crippen LogP contribution is -2.31. The highest BCUT2D eigenvalue weighted by atomic mass is 16.6. The summed E-state index contributed by atoms with van der Waals surface area (Å²) in [7, 11) is 3.13. The van der Waals surface area contributed by atoms with Crippen molar-refractivity contribution in [2.24, 2.45) is 13.0 Å². The van der Waals surface area contributed by atoms with Crippen LogP contribution < -0.4 is 0 Å². The third-order valence-corrected chi connectivity index (χ3v) is 3.57. The van der Waals surface area contributed by atoms with Crippen molar-refractivity contribution in [3.8, 4) is 0 Å². The second kappa shape index (κ2) is 5.50. The van der Waals surface area contributed by atoms with E-state index in [1.165, 1.54) is 7.11 Å². The van der Waals surface area contributed by atoms with E-state index in [4.69, 9.17) is 9.47 Å². The summed E-state index contributed by atoms with van der Waals surface area (Å²) in [6, 6.07) is 0. The van der Waals surface area contributed by atoms with Gasteiger partial charge in [0.1, 0.15) is 5.60 Å². The van der Waals surface area contributed by atoms with E-state index in [0.29, 0.717) is 19.3 Å². The largest absolute Gasteiger partial charge is 0.463 e. The van der Waals surface area contributed by atoms with Gasteiger partial charge < -0.3 is 14.0 Å². The number of rotatable bonds is 2. The van der Waals surface area contributed by atoms with E-state index in [0.717, 1.165) is 11.4 Å². The molecule has 0 saturated carbocycles. The Morgan fingerprint density at radius 3 is 2.57 bits per heavy atom. The maximum atomic E-state index is 12.2. The molecule has 1 aliphatic rings. The normalized spacial score (nSPS) is 18.0. The summed E-state index contributed by atoms with van der Waals surface area (Å²) in [5, 5.41) is 0. The van der Waals surface area contributed by atoms with Gasteiger partial charge >= 0.3 is 11.9 Å². The van der Waals surface area contributed by atoms with Gasteiger partial charge in [0.25, 0.3) is 0 Å². The van der Waals surface area contributed by atoms with Crippen molar-refractivity contribution < 1.29 is 19.1 Å². The molecule has 116 valence electrons. The first-order valence-corrected chi connectivity index (χ1v) is 7.08. The van der Waals surface area contributed by atoms with Gasteiger partial charge in [-0.1, -0.05) is 0 Å². The molecule has 0 fully saturated rings. The molecule has 6 nitrogen and oxygen atoms in total. The Morgan fingerprint density at radius 1 is 1.33 bits per heavy atom. The standard InChI is InChI=1S/C15H22N2O4/c1-15(2,3)21-13(18)9-6-7-11-10(8-9)16-12(17(11)4)14(19)20-5/h9H,6-8H2,1-5H3. The van der Waals surface area contributed by atoms with E-state index >= 15 is 0 Å². The van der Waals surface area contributed by atoms with Gasteiger partial charge in [0.2, 0.25) is 5.82 Å². The first kappa shape index (κ1) is 15.5. The van der Waals surface area contributed by atoms with Crippen LogP contribution in [0.4, 0.5) is 0 Å². The van der Waals surface area contributed by atoms with Crippen molar-refractivity contribution in [3.05, 3.63) is 17.2 Å². The van der Waals surface area contributed by atoms with Crippen LogP contribution in [0.2, 0.25) is 0 Å². The van der Waals surface area contributed by atoms with Crippen LogP contribution >= 0.6 is 0 Å². The summed E-state index contributed by atoms with van der Waals surface area (Å²) in [4.78, 5) is 28.1. The summed E-state index contributed by atoms with van der Waals surface area (Å²) in [5.41, 5.74) is 1.30. The number of methoxy groups -OCH3 is 1. The number of carbonyl (C=O) groups is 2. The average molecular weight is 294 g/mol. The van der Waals surface area contributed by atoms with Gasteiger partial charge in [-0.3, -0.25) is 4.79 Å². The summed E-state index contributed by atoms with van der Waals surface area (Å²) >= 11 is 0. The minimum absolute atomic E-state index is 0.196. The molecule has 0 N–H and O–H groups in total. The number of nitrogens with zero attached hydrogens (tertiary/aromatic N) is 2. The van der Waals surface area contributed by atoms with E-state index in [1.807, 2.05) is 20.8 Å². The number of ether oxygens (including phenoxy) is 2. The first-order chi connectivity index (χ1) is 9.73. The van der Waals surface area contributed by atoms with E-state index < -0.39 is 11.6 Å². The Kier molecular flexibility index (Phi) is 4.07. The van der Waals surface area contributed by atoms with Crippen molar-refractivity contribution in [2.75, 3.05) is 7.11 Å². The van der Waals surface area contributed by atoms with Gasteiger partial charge in [0.15, 0.2) is 0 Å². The van der Waals surface area contributed by atoms with E-state index in [1.54, 1.807) is 11.6 Å². The van der Waals surface area contributed by atoms with Crippen molar-refractivity contribution in [1.29, 1.82) is 0 Å². The lowest BCUT2D eigenvalue weighted by molar-refractivity contribution is -0.160. The van der Waals surface area contributed by atoms with Crippen LogP contribution in [-0.2, 0) is 34.2 Å². The number of fused-ring (bicyclic) bond motifs is 1. The molecule has 6 heteroatoms. The number of esters is 2. The lowest BCUT2D eigenvalue weighted by atomic mass is 9.89. The molecule has 0 spiro atoms. The number of hydrogen-bond donors (Lipinski definition) is 0. The first-order valence-electron chi connectivity index (χ1n) is 7.08. The molecule has 0 bridgehead atoms. The number of carbonyl (C=O) groups excluding carboxylic acids is 2. The molecule has 21 heavy (non-hydrogen) atoms. The Labute approximate surface area is 124 Å². The second-order valence-corrected chi connectivity index (χ2v) is 6.35. The molecular formula is C15H22N2O4. The maximum Gasteiger partial charge on any atom is 0.374 e. The Hall–Kier alpha value is -1.85. The van der Waals surface area contributed by atoms with Crippen LogP contribution in [0.3, 0.4) is 0 Å². The van der Waals surface area contributed by atoms with Crippen molar-refractivity contribution in [1.82, 2.24) is 9.55 Å². The zero-order chi connectivity index (χ0) is 15.8. The zero-order valence-corrected chi connectivity index (χ0v) is 13.2. The molecule has 0 amide bonds. The third-order valence-electron chi connectivity index (χ3n) is 3.57. The molecule has 1 aliphatic carbocycles. The highest BCUT2D eigenvalue weighted by molar-refractivity contribution is 5.85. The molecule has 1 atom stereocenters. The van der Waals surface area contributed by atoms with Gasteiger partial charge in [0, 0.05) is 19.2 Å². The summed E-state index contributed by atoms with van der Waals surface area (Å²) in [5.74, 6) is -0.566.